The van der Waals surface area contributed by atoms with Crippen LogP contribution in [-0.2, 0) is 0 Å². The predicted octanol–water partition coefficient (Wildman–Crippen LogP) is 1.06. The molecule has 11 heavy (non-hydrogen) atoms. The Labute approximate surface area is 67.8 Å². The van der Waals surface area contributed by atoms with E-state index in [1.54, 1.807) is 4.90 Å². The maximum atomic E-state index is 11.0. The average molecular weight is 156 g/mol. The smallest absolute Gasteiger partial charge is 0.317 e. The van der Waals surface area contributed by atoms with Crippen LogP contribution < -0.4 is 5.32 Å². The van der Waals surface area contributed by atoms with Crippen molar-refractivity contribution in [1.29, 1.82) is 0 Å². The van der Waals surface area contributed by atoms with Gasteiger partial charge in [0, 0.05) is 13.6 Å². The van der Waals surface area contributed by atoms with Crippen molar-refractivity contribution in [2.24, 2.45) is 5.41 Å². The monoisotopic (exact) mass is 156 g/mol. The number of urea groups is 1. The van der Waals surface area contributed by atoms with Crippen molar-refractivity contribution in [3.63, 3.8) is 0 Å². The minimum Gasteiger partial charge on any atom is -0.336 e. The normalized spacial score (nSPS) is 25.6. The molecule has 1 aliphatic rings. The maximum absolute atomic E-state index is 11.0. The molecule has 0 bridgehead atoms. The lowest BCUT2D eigenvalue weighted by atomic mass is 9.87. The summed E-state index contributed by atoms with van der Waals surface area (Å²) >= 11 is 0. The van der Waals surface area contributed by atoms with Crippen LogP contribution in [0.2, 0.25) is 0 Å². The van der Waals surface area contributed by atoms with Crippen molar-refractivity contribution in [1.82, 2.24) is 10.2 Å². The zero-order valence-electron chi connectivity index (χ0n) is 7.64. The van der Waals surface area contributed by atoms with Gasteiger partial charge in [-0.05, 0) is 5.41 Å². The van der Waals surface area contributed by atoms with Gasteiger partial charge in [0.2, 0.25) is 0 Å². The summed E-state index contributed by atoms with van der Waals surface area (Å²) in [5.74, 6) is 0. The van der Waals surface area contributed by atoms with Gasteiger partial charge in [-0.2, -0.15) is 0 Å². The Kier molecular flexibility index (Phi) is 1.82. The summed E-state index contributed by atoms with van der Waals surface area (Å²) in [5.41, 5.74) is 0.175. The molecule has 1 aliphatic heterocycles. The highest BCUT2D eigenvalue weighted by molar-refractivity contribution is 5.76. The third-order valence-electron chi connectivity index (χ3n) is 2.23. The van der Waals surface area contributed by atoms with E-state index in [1.807, 2.05) is 7.05 Å². The molecule has 0 aliphatic carbocycles. The lowest BCUT2D eigenvalue weighted by Gasteiger charge is -2.30. The Morgan fingerprint density at radius 3 is 2.27 bits per heavy atom. The van der Waals surface area contributed by atoms with Crippen LogP contribution in [0.5, 0.6) is 0 Å². The fraction of sp³-hybridized carbons (Fsp3) is 0.875. The highest BCUT2D eigenvalue weighted by Gasteiger charge is 2.35. The minimum atomic E-state index is 0.0462. The number of likely N-dealkylation sites (N-methyl/N-ethyl adjacent to an activating group) is 1. The van der Waals surface area contributed by atoms with Gasteiger partial charge in [-0.25, -0.2) is 4.79 Å². The van der Waals surface area contributed by atoms with Gasteiger partial charge in [0.25, 0.3) is 0 Å². The summed E-state index contributed by atoms with van der Waals surface area (Å²) in [7, 11) is 1.85. The molecule has 0 saturated carbocycles. The summed E-state index contributed by atoms with van der Waals surface area (Å²) in [6.07, 6.45) is 0. The van der Waals surface area contributed by atoms with Crippen LogP contribution in [0.1, 0.15) is 20.8 Å². The lowest BCUT2D eigenvalue weighted by molar-refractivity contribution is 0.174. The molecule has 1 atom stereocenters. The van der Waals surface area contributed by atoms with Crippen LogP contribution in [0.4, 0.5) is 4.79 Å². The molecule has 0 aromatic heterocycles. The van der Waals surface area contributed by atoms with Gasteiger partial charge < -0.3 is 10.2 Å². The number of hydrogen-bond donors (Lipinski definition) is 1. The summed E-state index contributed by atoms with van der Waals surface area (Å²) in [4.78, 5) is 12.8. The van der Waals surface area contributed by atoms with Crippen LogP contribution in [0, 0.1) is 5.41 Å². The minimum absolute atomic E-state index is 0.0462. The second-order valence-corrected chi connectivity index (χ2v) is 4.18. The summed E-state index contributed by atoms with van der Waals surface area (Å²) in [6.45, 7) is 7.22. The van der Waals surface area contributed by atoms with Crippen molar-refractivity contribution < 1.29 is 4.79 Å². The van der Waals surface area contributed by atoms with Crippen LogP contribution >= 0.6 is 0 Å². The van der Waals surface area contributed by atoms with Gasteiger partial charge in [-0.3, -0.25) is 0 Å². The predicted molar refractivity (Wildman–Crippen MR) is 44.4 cm³/mol. The Bertz CT molecular complexity index is 171. The molecular formula is C8H16N2O. The highest BCUT2D eigenvalue weighted by atomic mass is 16.2. The zero-order chi connectivity index (χ0) is 8.65. The van der Waals surface area contributed by atoms with Crippen molar-refractivity contribution in [3.05, 3.63) is 0 Å². The largest absolute Gasteiger partial charge is 0.336 e. The first kappa shape index (κ1) is 8.37. The number of hydrogen-bond acceptors (Lipinski definition) is 1. The number of carbonyl (C=O) groups is 1. The van der Waals surface area contributed by atoms with E-state index in [0.717, 1.165) is 6.54 Å². The highest BCUT2D eigenvalue weighted by Crippen LogP contribution is 2.25. The SMILES string of the molecule is CN1C(=O)NC[C@@H]1C(C)(C)C. The molecule has 1 saturated heterocycles. The average Bonchev–Trinajstić information content (AvgIpc) is 2.11. The molecule has 1 rings (SSSR count). The van der Waals surface area contributed by atoms with E-state index in [-0.39, 0.29) is 11.4 Å². The molecule has 64 valence electrons. The first-order valence-electron chi connectivity index (χ1n) is 3.93. The molecule has 3 heteroatoms. The van der Waals surface area contributed by atoms with Crippen molar-refractivity contribution in [2.75, 3.05) is 13.6 Å². The van der Waals surface area contributed by atoms with E-state index in [9.17, 15) is 4.79 Å². The molecule has 1 heterocycles. The topological polar surface area (TPSA) is 32.3 Å². The second kappa shape index (κ2) is 2.40. The van der Waals surface area contributed by atoms with Crippen molar-refractivity contribution in [2.45, 2.75) is 26.8 Å². The van der Waals surface area contributed by atoms with Gasteiger partial charge in [-0.15, -0.1) is 0 Å². The van der Waals surface area contributed by atoms with Crippen molar-refractivity contribution in [3.8, 4) is 0 Å². The first-order valence-corrected chi connectivity index (χ1v) is 3.93. The summed E-state index contributed by atoms with van der Waals surface area (Å²) in [6, 6.07) is 0.375. The van der Waals surface area contributed by atoms with E-state index < -0.39 is 0 Å². The summed E-state index contributed by atoms with van der Waals surface area (Å²) in [5, 5.41) is 2.81. The first-order chi connectivity index (χ1) is 4.93. The van der Waals surface area contributed by atoms with Gasteiger partial charge in [0.15, 0.2) is 0 Å². The quantitative estimate of drug-likeness (QED) is 0.558. The number of rotatable bonds is 0. The lowest BCUT2D eigenvalue weighted by Crippen LogP contribution is -2.39. The number of nitrogens with one attached hydrogen (secondary N) is 1. The van der Waals surface area contributed by atoms with Crippen LogP contribution in [0.25, 0.3) is 0 Å². The van der Waals surface area contributed by atoms with Gasteiger partial charge >= 0.3 is 6.03 Å². The number of amides is 2. The summed E-state index contributed by atoms with van der Waals surface area (Å²) < 4.78 is 0. The molecule has 0 radical (unpaired) electrons. The van der Waals surface area contributed by atoms with E-state index >= 15 is 0 Å². The molecule has 3 nitrogen and oxygen atoms in total. The molecule has 0 aromatic carbocycles. The molecule has 2 amide bonds. The van der Waals surface area contributed by atoms with E-state index in [4.69, 9.17) is 0 Å². The van der Waals surface area contributed by atoms with E-state index in [2.05, 4.69) is 26.1 Å². The van der Waals surface area contributed by atoms with E-state index in [0.29, 0.717) is 6.04 Å². The van der Waals surface area contributed by atoms with Gasteiger partial charge in [0.1, 0.15) is 0 Å². The van der Waals surface area contributed by atoms with Crippen LogP contribution in [0.3, 0.4) is 0 Å². The Balaban J connectivity index is 2.70. The number of nitrogens with zero attached hydrogens (tertiary/aromatic N) is 1. The Hall–Kier alpha value is -0.730. The molecule has 1 N–H and O–H groups in total. The number of carbonyl (C=O) groups excluding carboxylic acids is 1. The van der Waals surface area contributed by atoms with Crippen LogP contribution in [0.15, 0.2) is 0 Å². The maximum Gasteiger partial charge on any atom is 0.317 e. The standard InChI is InChI=1S/C8H16N2O/c1-8(2,3)6-5-9-7(11)10(6)4/h6H,5H2,1-4H3,(H,9,11)/t6-/m1/s1. The second-order valence-electron chi connectivity index (χ2n) is 4.18. The molecule has 0 aromatic rings. The van der Waals surface area contributed by atoms with Gasteiger partial charge in [0.05, 0.1) is 6.04 Å². The van der Waals surface area contributed by atoms with Crippen molar-refractivity contribution >= 4 is 6.03 Å². The Morgan fingerprint density at radius 2 is 2.09 bits per heavy atom. The molecule has 1 fully saturated rings. The zero-order valence-corrected chi connectivity index (χ0v) is 7.64. The fourth-order valence-corrected chi connectivity index (χ4v) is 1.47. The third kappa shape index (κ3) is 1.47. The molecular weight excluding hydrogens is 140 g/mol. The van der Waals surface area contributed by atoms with E-state index in [1.165, 1.54) is 0 Å². The van der Waals surface area contributed by atoms with Crippen LogP contribution in [-0.4, -0.2) is 30.6 Å². The molecule has 0 unspecified atom stereocenters. The van der Waals surface area contributed by atoms with Gasteiger partial charge in [-0.1, -0.05) is 20.8 Å². The third-order valence-corrected chi connectivity index (χ3v) is 2.23. The molecule has 0 spiro atoms. The Morgan fingerprint density at radius 1 is 1.55 bits per heavy atom. The fourth-order valence-electron chi connectivity index (χ4n) is 1.47.